The summed E-state index contributed by atoms with van der Waals surface area (Å²) in [5.41, 5.74) is 6.40. The zero-order valence-electron chi connectivity index (χ0n) is 10.6. The monoisotopic (exact) mass is 278 g/mol. The molecule has 7 heteroatoms. The van der Waals surface area contributed by atoms with Crippen LogP contribution in [0.5, 0.6) is 5.75 Å². The molecule has 7 nitrogen and oxygen atoms in total. The van der Waals surface area contributed by atoms with Gasteiger partial charge in [-0.3, -0.25) is 9.59 Å². The third-order valence-electron chi connectivity index (χ3n) is 2.88. The molecule has 1 atom stereocenters. The highest BCUT2D eigenvalue weighted by molar-refractivity contribution is 6.01. The zero-order chi connectivity index (χ0) is 14.7. The molecule has 106 valence electrons. The highest BCUT2D eigenvalue weighted by Gasteiger charge is 2.34. The lowest BCUT2D eigenvalue weighted by atomic mass is 10.1. The number of carbonyl (C=O) groups excluding carboxylic acids is 3. The van der Waals surface area contributed by atoms with Gasteiger partial charge >= 0.3 is 5.97 Å². The Morgan fingerprint density at radius 3 is 2.35 bits per heavy atom. The number of carbonyl (C=O) groups is 3. The van der Waals surface area contributed by atoms with Gasteiger partial charge in [-0.25, -0.2) is 4.79 Å². The molecule has 2 amide bonds. The number of amides is 2. The maximum absolute atomic E-state index is 11.7. The minimum absolute atomic E-state index is 0.0410. The van der Waals surface area contributed by atoms with E-state index in [-0.39, 0.29) is 25.0 Å². The van der Waals surface area contributed by atoms with E-state index < -0.39 is 23.8 Å². The number of hydroxylamine groups is 2. The van der Waals surface area contributed by atoms with E-state index >= 15 is 0 Å². The summed E-state index contributed by atoms with van der Waals surface area (Å²) in [5, 5.41) is 9.61. The lowest BCUT2D eigenvalue weighted by molar-refractivity contribution is -0.198. The van der Waals surface area contributed by atoms with Gasteiger partial charge in [0, 0.05) is 12.8 Å². The molecule has 2 rings (SSSR count). The van der Waals surface area contributed by atoms with Crippen LogP contribution >= 0.6 is 0 Å². The third-order valence-corrected chi connectivity index (χ3v) is 2.88. The molecule has 0 saturated carbocycles. The molecule has 0 radical (unpaired) electrons. The van der Waals surface area contributed by atoms with Gasteiger partial charge in [0.15, 0.2) is 0 Å². The van der Waals surface area contributed by atoms with Crippen molar-refractivity contribution in [3.8, 4) is 5.75 Å². The Labute approximate surface area is 114 Å². The van der Waals surface area contributed by atoms with Crippen LogP contribution in [0.3, 0.4) is 0 Å². The topological polar surface area (TPSA) is 110 Å². The summed E-state index contributed by atoms with van der Waals surface area (Å²) >= 11 is 0. The number of nitrogens with zero attached hydrogens (tertiary/aromatic N) is 1. The van der Waals surface area contributed by atoms with E-state index in [1.54, 1.807) is 12.1 Å². The second kappa shape index (κ2) is 5.70. The van der Waals surface area contributed by atoms with Crippen LogP contribution in [0.15, 0.2) is 24.3 Å². The summed E-state index contributed by atoms with van der Waals surface area (Å²) in [6.45, 7) is 0. The molecule has 1 fully saturated rings. The fourth-order valence-corrected chi connectivity index (χ4v) is 1.78. The van der Waals surface area contributed by atoms with Gasteiger partial charge < -0.3 is 15.7 Å². The van der Waals surface area contributed by atoms with E-state index in [1.165, 1.54) is 12.1 Å². The second-order valence-electron chi connectivity index (χ2n) is 4.47. The summed E-state index contributed by atoms with van der Waals surface area (Å²) in [7, 11) is 0. The fraction of sp³-hybridized carbons (Fsp3) is 0.308. The SMILES string of the molecule is NC(Cc1ccc(O)cc1)C(=O)ON1C(=O)CCC1=O. The van der Waals surface area contributed by atoms with Crippen molar-refractivity contribution in [2.75, 3.05) is 0 Å². The quantitative estimate of drug-likeness (QED) is 0.742. The number of hydrogen-bond donors (Lipinski definition) is 2. The first-order valence-corrected chi connectivity index (χ1v) is 6.08. The Balaban J connectivity index is 1.93. The fourth-order valence-electron chi connectivity index (χ4n) is 1.78. The minimum Gasteiger partial charge on any atom is -0.508 e. The maximum atomic E-state index is 11.7. The number of rotatable bonds is 4. The van der Waals surface area contributed by atoms with Gasteiger partial charge in [0.1, 0.15) is 11.8 Å². The van der Waals surface area contributed by atoms with E-state index in [0.717, 1.165) is 5.56 Å². The molecule has 1 unspecified atom stereocenters. The predicted molar refractivity (Wildman–Crippen MR) is 67.0 cm³/mol. The molecule has 0 aliphatic carbocycles. The van der Waals surface area contributed by atoms with Gasteiger partial charge in [0.2, 0.25) is 0 Å². The van der Waals surface area contributed by atoms with E-state index in [4.69, 9.17) is 15.7 Å². The molecule has 1 aliphatic heterocycles. The van der Waals surface area contributed by atoms with Crippen LogP contribution in [-0.2, 0) is 25.6 Å². The molecule has 1 aromatic rings. The van der Waals surface area contributed by atoms with Gasteiger partial charge in [-0.2, -0.15) is 0 Å². The first-order chi connectivity index (χ1) is 9.47. The largest absolute Gasteiger partial charge is 0.508 e. The van der Waals surface area contributed by atoms with E-state index in [2.05, 4.69) is 0 Å². The Hall–Kier alpha value is -2.41. The molecule has 0 bridgehead atoms. The van der Waals surface area contributed by atoms with Crippen LogP contribution in [0.2, 0.25) is 0 Å². The molecule has 3 N–H and O–H groups in total. The smallest absolute Gasteiger partial charge is 0.350 e. The number of imide groups is 1. The van der Waals surface area contributed by atoms with Gasteiger partial charge in [0.05, 0.1) is 0 Å². The van der Waals surface area contributed by atoms with Crippen molar-refractivity contribution in [3.63, 3.8) is 0 Å². The maximum Gasteiger partial charge on any atom is 0.350 e. The van der Waals surface area contributed by atoms with Gasteiger partial charge in [-0.1, -0.05) is 12.1 Å². The number of hydrogen-bond acceptors (Lipinski definition) is 6. The molecule has 1 aromatic carbocycles. The highest BCUT2D eigenvalue weighted by atomic mass is 16.7. The number of phenols is 1. The number of nitrogens with two attached hydrogens (primary N) is 1. The predicted octanol–water partition coefficient (Wildman–Crippen LogP) is -0.131. The Bertz CT molecular complexity index is 524. The van der Waals surface area contributed by atoms with Gasteiger partial charge in [-0.15, -0.1) is 5.06 Å². The lowest BCUT2D eigenvalue weighted by Gasteiger charge is -2.16. The zero-order valence-corrected chi connectivity index (χ0v) is 10.6. The normalized spacial score (nSPS) is 16.4. The average molecular weight is 278 g/mol. The van der Waals surface area contributed by atoms with Crippen LogP contribution < -0.4 is 5.73 Å². The standard InChI is InChI=1S/C13H14N2O5/c14-10(7-8-1-3-9(16)4-2-8)13(19)20-15-11(17)5-6-12(15)18/h1-4,10,16H,5-7,14H2. The molecule has 0 spiro atoms. The molecular formula is C13H14N2O5. The lowest BCUT2D eigenvalue weighted by Crippen LogP contribution is -2.41. The van der Waals surface area contributed by atoms with Crippen molar-refractivity contribution in [3.05, 3.63) is 29.8 Å². The molecule has 1 heterocycles. The molecular weight excluding hydrogens is 264 g/mol. The van der Waals surface area contributed by atoms with Crippen molar-refractivity contribution >= 4 is 17.8 Å². The number of benzene rings is 1. The summed E-state index contributed by atoms with van der Waals surface area (Å²) in [5.74, 6) is -1.82. The van der Waals surface area contributed by atoms with E-state index in [9.17, 15) is 14.4 Å². The average Bonchev–Trinajstić information content (AvgIpc) is 2.73. The molecule has 20 heavy (non-hydrogen) atoms. The third kappa shape index (κ3) is 3.12. The summed E-state index contributed by atoms with van der Waals surface area (Å²) < 4.78 is 0. The van der Waals surface area contributed by atoms with Crippen molar-refractivity contribution in [1.82, 2.24) is 5.06 Å². The van der Waals surface area contributed by atoms with E-state index in [1.807, 2.05) is 0 Å². The molecule has 1 aliphatic rings. The van der Waals surface area contributed by atoms with Crippen LogP contribution in [0.4, 0.5) is 0 Å². The van der Waals surface area contributed by atoms with E-state index in [0.29, 0.717) is 5.06 Å². The summed E-state index contributed by atoms with van der Waals surface area (Å²) in [4.78, 5) is 39.0. The summed E-state index contributed by atoms with van der Waals surface area (Å²) in [6.07, 6.45) is 0.258. The first-order valence-electron chi connectivity index (χ1n) is 6.08. The highest BCUT2D eigenvalue weighted by Crippen LogP contribution is 2.14. The minimum atomic E-state index is -0.999. The van der Waals surface area contributed by atoms with Crippen LogP contribution in [-0.4, -0.2) is 34.0 Å². The Morgan fingerprint density at radius 2 is 1.80 bits per heavy atom. The van der Waals surface area contributed by atoms with Gasteiger partial charge in [0.25, 0.3) is 11.8 Å². The van der Waals surface area contributed by atoms with Crippen LogP contribution in [0.25, 0.3) is 0 Å². The summed E-state index contributed by atoms with van der Waals surface area (Å²) in [6, 6.07) is 5.19. The second-order valence-corrected chi connectivity index (χ2v) is 4.47. The first kappa shape index (κ1) is 14.0. The van der Waals surface area contributed by atoms with Gasteiger partial charge in [-0.05, 0) is 24.1 Å². The van der Waals surface area contributed by atoms with Crippen molar-refractivity contribution < 1.29 is 24.3 Å². The Kier molecular flexibility index (Phi) is 3.99. The van der Waals surface area contributed by atoms with Crippen molar-refractivity contribution in [2.24, 2.45) is 5.73 Å². The van der Waals surface area contributed by atoms with Crippen molar-refractivity contribution in [1.29, 1.82) is 0 Å². The van der Waals surface area contributed by atoms with Crippen molar-refractivity contribution in [2.45, 2.75) is 25.3 Å². The van der Waals surface area contributed by atoms with Crippen LogP contribution in [0, 0.1) is 0 Å². The number of phenolic OH excluding ortho intramolecular Hbond substituents is 1. The van der Waals surface area contributed by atoms with Crippen LogP contribution in [0.1, 0.15) is 18.4 Å². The molecule has 0 aromatic heterocycles. The molecule has 1 saturated heterocycles. The number of aromatic hydroxyl groups is 1. The Morgan fingerprint density at radius 1 is 1.25 bits per heavy atom.